The quantitative estimate of drug-likeness (QED) is 0.710. The Labute approximate surface area is 132 Å². The molecule has 0 radical (unpaired) electrons. The van der Waals surface area contributed by atoms with E-state index in [0.29, 0.717) is 23.2 Å². The molecule has 2 aromatic carbocycles. The molecule has 0 fully saturated rings. The maximum atomic E-state index is 13.9. The first-order valence-corrected chi connectivity index (χ1v) is 8.04. The van der Waals surface area contributed by atoms with Gasteiger partial charge in [-0.3, -0.25) is 4.79 Å². The third kappa shape index (κ3) is 2.62. The van der Waals surface area contributed by atoms with Gasteiger partial charge in [-0.05, 0) is 36.6 Å². The molecule has 22 heavy (non-hydrogen) atoms. The van der Waals surface area contributed by atoms with Crippen LogP contribution in [-0.4, -0.2) is 5.91 Å². The number of carbonyl (C=O) groups is 1. The van der Waals surface area contributed by atoms with Crippen LogP contribution in [0.5, 0.6) is 0 Å². The monoisotopic (exact) mass is 313 g/mol. The average molecular weight is 313 g/mol. The third-order valence-corrected chi connectivity index (χ3v) is 4.71. The fourth-order valence-electron chi connectivity index (χ4n) is 2.49. The normalized spacial score (nSPS) is 10.9. The summed E-state index contributed by atoms with van der Waals surface area (Å²) in [7, 11) is 0. The van der Waals surface area contributed by atoms with E-state index in [2.05, 4.69) is 5.32 Å². The Morgan fingerprint density at radius 3 is 2.82 bits per heavy atom. The second-order valence-electron chi connectivity index (χ2n) is 5.21. The summed E-state index contributed by atoms with van der Waals surface area (Å²) in [5.74, 6) is -0.484. The van der Waals surface area contributed by atoms with Crippen LogP contribution in [0.25, 0.3) is 10.1 Å². The maximum absolute atomic E-state index is 13.9. The molecule has 0 atom stereocenters. The summed E-state index contributed by atoms with van der Waals surface area (Å²) >= 11 is 1.53. The highest BCUT2D eigenvalue weighted by molar-refractivity contribution is 7.17. The summed E-state index contributed by atoms with van der Waals surface area (Å²) < 4.78 is 15.0. The lowest BCUT2D eigenvalue weighted by atomic mass is 10.1. The summed E-state index contributed by atoms with van der Waals surface area (Å²) in [4.78, 5) is 12.5. The van der Waals surface area contributed by atoms with Crippen LogP contribution in [0.15, 0.2) is 41.8 Å². The molecule has 0 aliphatic carbocycles. The standard InChI is InChI=1S/C18H16FNOS/c1-3-12-8-11(2)16(9-15(12)19)20-18(21)14-10-22-17-7-5-4-6-13(14)17/h4-10H,3H2,1-2H3,(H,20,21). The third-order valence-electron chi connectivity index (χ3n) is 3.75. The number of fused-ring (bicyclic) bond motifs is 1. The predicted molar refractivity (Wildman–Crippen MR) is 90.3 cm³/mol. The molecule has 112 valence electrons. The van der Waals surface area contributed by atoms with Crippen molar-refractivity contribution in [1.82, 2.24) is 0 Å². The van der Waals surface area contributed by atoms with Crippen molar-refractivity contribution in [2.75, 3.05) is 5.32 Å². The van der Waals surface area contributed by atoms with E-state index in [1.165, 1.54) is 17.4 Å². The number of hydrogen-bond donors (Lipinski definition) is 1. The fraction of sp³-hybridized carbons (Fsp3) is 0.167. The van der Waals surface area contributed by atoms with Crippen LogP contribution in [0.2, 0.25) is 0 Å². The Bertz CT molecular complexity index is 853. The van der Waals surface area contributed by atoms with E-state index in [9.17, 15) is 9.18 Å². The van der Waals surface area contributed by atoms with Gasteiger partial charge in [-0.2, -0.15) is 0 Å². The van der Waals surface area contributed by atoms with Crippen LogP contribution in [0, 0.1) is 12.7 Å². The highest BCUT2D eigenvalue weighted by atomic mass is 32.1. The number of hydrogen-bond acceptors (Lipinski definition) is 2. The number of aryl methyl sites for hydroxylation is 2. The predicted octanol–water partition coefficient (Wildman–Crippen LogP) is 5.16. The van der Waals surface area contributed by atoms with Crippen molar-refractivity contribution in [3.63, 3.8) is 0 Å². The number of carbonyl (C=O) groups excluding carboxylic acids is 1. The van der Waals surface area contributed by atoms with E-state index >= 15 is 0 Å². The van der Waals surface area contributed by atoms with E-state index < -0.39 is 0 Å². The lowest BCUT2D eigenvalue weighted by molar-refractivity contribution is 0.102. The molecule has 3 rings (SSSR count). The van der Waals surface area contributed by atoms with Crippen LogP contribution in [0.4, 0.5) is 10.1 Å². The first-order valence-electron chi connectivity index (χ1n) is 7.16. The zero-order valence-electron chi connectivity index (χ0n) is 12.4. The van der Waals surface area contributed by atoms with Crippen molar-refractivity contribution < 1.29 is 9.18 Å². The topological polar surface area (TPSA) is 29.1 Å². The molecule has 0 aliphatic rings. The summed E-state index contributed by atoms with van der Waals surface area (Å²) in [5.41, 5.74) is 2.68. The molecule has 1 aromatic heterocycles. The number of halogens is 1. The minimum Gasteiger partial charge on any atom is -0.322 e. The van der Waals surface area contributed by atoms with Gasteiger partial charge in [-0.25, -0.2) is 4.39 Å². The lowest BCUT2D eigenvalue weighted by Crippen LogP contribution is -2.12. The van der Waals surface area contributed by atoms with Gasteiger partial charge in [-0.15, -0.1) is 11.3 Å². The number of nitrogens with one attached hydrogen (secondary N) is 1. The van der Waals surface area contributed by atoms with Gasteiger partial charge in [0.25, 0.3) is 5.91 Å². The Kier molecular flexibility index (Phi) is 3.94. The summed E-state index contributed by atoms with van der Waals surface area (Å²) in [6, 6.07) is 11.0. The van der Waals surface area contributed by atoms with Crippen LogP contribution < -0.4 is 5.32 Å². The molecule has 0 bridgehead atoms. The van der Waals surface area contributed by atoms with Crippen molar-refractivity contribution in [1.29, 1.82) is 0 Å². The number of amides is 1. The molecular formula is C18H16FNOS. The molecular weight excluding hydrogens is 297 g/mol. The Balaban J connectivity index is 1.93. The van der Waals surface area contributed by atoms with E-state index in [1.807, 2.05) is 43.5 Å². The lowest BCUT2D eigenvalue weighted by Gasteiger charge is -2.10. The van der Waals surface area contributed by atoms with E-state index in [-0.39, 0.29) is 11.7 Å². The molecule has 0 saturated carbocycles. The Morgan fingerprint density at radius 2 is 2.05 bits per heavy atom. The molecule has 3 aromatic rings. The van der Waals surface area contributed by atoms with E-state index in [4.69, 9.17) is 0 Å². The zero-order chi connectivity index (χ0) is 15.7. The minimum absolute atomic E-state index is 0.204. The van der Waals surface area contributed by atoms with Gasteiger partial charge < -0.3 is 5.32 Å². The molecule has 1 N–H and O–H groups in total. The van der Waals surface area contributed by atoms with E-state index in [1.54, 1.807) is 6.07 Å². The van der Waals surface area contributed by atoms with Crippen molar-refractivity contribution in [2.45, 2.75) is 20.3 Å². The number of thiophene rings is 1. The summed E-state index contributed by atoms with van der Waals surface area (Å²) in [6.45, 7) is 3.79. The summed E-state index contributed by atoms with van der Waals surface area (Å²) in [5, 5.41) is 5.59. The maximum Gasteiger partial charge on any atom is 0.257 e. The van der Waals surface area contributed by atoms with Gasteiger partial charge in [0.2, 0.25) is 0 Å². The van der Waals surface area contributed by atoms with Crippen molar-refractivity contribution in [3.05, 3.63) is 64.3 Å². The SMILES string of the molecule is CCc1cc(C)c(NC(=O)c2csc3ccccc23)cc1F. The Morgan fingerprint density at radius 1 is 1.27 bits per heavy atom. The molecule has 1 amide bonds. The van der Waals surface area contributed by atoms with Crippen LogP contribution in [0.1, 0.15) is 28.4 Å². The molecule has 0 saturated heterocycles. The van der Waals surface area contributed by atoms with Gasteiger partial charge in [0, 0.05) is 21.2 Å². The highest BCUT2D eigenvalue weighted by Crippen LogP contribution is 2.27. The van der Waals surface area contributed by atoms with Crippen LogP contribution in [0.3, 0.4) is 0 Å². The minimum atomic E-state index is -0.279. The zero-order valence-corrected chi connectivity index (χ0v) is 13.3. The van der Waals surface area contributed by atoms with Gasteiger partial charge in [-0.1, -0.05) is 31.2 Å². The van der Waals surface area contributed by atoms with Gasteiger partial charge in [0.1, 0.15) is 5.82 Å². The highest BCUT2D eigenvalue weighted by Gasteiger charge is 2.14. The smallest absolute Gasteiger partial charge is 0.257 e. The number of anilines is 1. The molecule has 0 unspecified atom stereocenters. The van der Waals surface area contributed by atoms with E-state index in [0.717, 1.165) is 15.6 Å². The molecule has 0 spiro atoms. The Hall–Kier alpha value is -2.20. The van der Waals surface area contributed by atoms with Crippen molar-refractivity contribution >= 4 is 33.0 Å². The van der Waals surface area contributed by atoms with Gasteiger partial charge >= 0.3 is 0 Å². The second-order valence-corrected chi connectivity index (χ2v) is 6.12. The first-order chi connectivity index (χ1) is 10.6. The second kappa shape index (κ2) is 5.89. The first kappa shape index (κ1) is 14.7. The van der Waals surface area contributed by atoms with Gasteiger partial charge in [0.05, 0.1) is 5.56 Å². The molecule has 4 heteroatoms. The molecule has 0 aliphatic heterocycles. The number of benzene rings is 2. The van der Waals surface area contributed by atoms with Crippen molar-refractivity contribution in [3.8, 4) is 0 Å². The molecule has 1 heterocycles. The summed E-state index contributed by atoms with van der Waals surface area (Å²) in [6.07, 6.45) is 0.635. The fourth-order valence-corrected chi connectivity index (χ4v) is 3.43. The van der Waals surface area contributed by atoms with Crippen LogP contribution >= 0.6 is 11.3 Å². The van der Waals surface area contributed by atoms with Gasteiger partial charge in [0.15, 0.2) is 0 Å². The average Bonchev–Trinajstić information content (AvgIpc) is 2.94. The van der Waals surface area contributed by atoms with Crippen molar-refractivity contribution in [2.24, 2.45) is 0 Å². The van der Waals surface area contributed by atoms with Crippen LogP contribution in [-0.2, 0) is 6.42 Å². The molecule has 2 nitrogen and oxygen atoms in total. The largest absolute Gasteiger partial charge is 0.322 e. The number of rotatable bonds is 3.